The number of aliphatic carboxylic acids is 1. The summed E-state index contributed by atoms with van der Waals surface area (Å²) in [6.07, 6.45) is 1.94. The standard InChI is InChI=1S/C13H22N4O3S/c1-9(2)17-12(14-15-13(17)21-8-11(18)19)16(3)10-4-6-20-7-5-10/h9-10H,4-8H2,1-3H3,(H,18,19). The number of carbonyl (C=O) groups is 1. The van der Waals surface area contributed by atoms with Crippen molar-refractivity contribution in [3.63, 3.8) is 0 Å². The van der Waals surface area contributed by atoms with Crippen LogP contribution in [0.4, 0.5) is 5.95 Å². The fourth-order valence-corrected chi connectivity index (χ4v) is 3.20. The summed E-state index contributed by atoms with van der Waals surface area (Å²) in [5.74, 6) is -0.0614. The molecule has 0 aromatic carbocycles. The molecule has 1 fully saturated rings. The molecule has 8 heteroatoms. The largest absolute Gasteiger partial charge is 0.481 e. The summed E-state index contributed by atoms with van der Waals surface area (Å²) in [7, 11) is 2.02. The molecule has 7 nitrogen and oxygen atoms in total. The molecule has 1 aliphatic heterocycles. The van der Waals surface area contributed by atoms with Gasteiger partial charge in [0.1, 0.15) is 0 Å². The average Bonchev–Trinajstić information content (AvgIpc) is 2.89. The van der Waals surface area contributed by atoms with Gasteiger partial charge in [0.25, 0.3) is 0 Å². The Morgan fingerprint density at radius 1 is 1.48 bits per heavy atom. The number of carboxylic acid groups (broad SMARTS) is 1. The minimum atomic E-state index is -0.849. The Hall–Kier alpha value is -1.28. The van der Waals surface area contributed by atoms with E-state index >= 15 is 0 Å². The highest BCUT2D eigenvalue weighted by atomic mass is 32.2. The van der Waals surface area contributed by atoms with Crippen molar-refractivity contribution in [2.24, 2.45) is 0 Å². The van der Waals surface area contributed by atoms with Crippen LogP contribution in [-0.4, -0.2) is 57.9 Å². The van der Waals surface area contributed by atoms with Crippen LogP contribution in [0.5, 0.6) is 0 Å². The lowest BCUT2D eigenvalue weighted by Crippen LogP contribution is -2.38. The van der Waals surface area contributed by atoms with Crippen LogP contribution in [0.2, 0.25) is 0 Å². The SMILES string of the molecule is CC(C)n1c(SCC(=O)O)nnc1N(C)C1CCOCC1. The summed E-state index contributed by atoms with van der Waals surface area (Å²) in [6.45, 7) is 5.64. The van der Waals surface area contributed by atoms with Crippen molar-refractivity contribution in [1.82, 2.24) is 14.8 Å². The van der Waals surface area contributed by atoms with E-state index in [1.54, 1.807) is 0 Å². The number of thioether (sulfide) groups is 1. The molecule has 1 saturated heterocycles. The Bertz CT molecular complexity index is 486. The van der Waals surface area contributed by atoms with Crippen LogP contribution in [0.25, 0.3) is 0 Å². The summed E-state index contributed by atoms with van der Waals surface area (Å²) in [6, 6.07) is 0.561. The van der Waals surface area contributed by atoms with E-state index in [9.17, 15) is 4.79 Å². The summed E-state index contributed by atoms with van der Waals surface area (Å²) in [5, 5.41) is 17.9. The Morgan fingerprint density at radius 2 is 2.14 bits per heavy atom. The maximum atomic E-state index is 10.7. The van der Waals surface area contributed by atoms with Crippen molar-refractivity contribution in [2.75, 3.05) is 30.9 Å². The van der Waals surface area contributed by atoms with Gasteiger partial charge in [0.15, 0.2) is 5.16 Å². The molecule has 2 rings (SSSR count). The second-order valence-corrected chi connectivity index (χ2v) is 6.33. The fourth-order valence-electron chi connectivity index (χ4n) is 2.42. The number of anilines is 1. The molecule has 0 spiro atoms. The number of rotatable bonds is 6. The third kappa shape index (κ3) is 3.88. The zero-order valence-corrected chi connectivity index (χ0v) is 13.5. The number of aromatic nitrogens is 3. The van der Waals surface area contributed by atoms with E-state index in [1.807, 2.05) is 11.6 Å². The van der Waals surface area contributed by atoms with E-state index in [0.29, 0.717) is 11.2 Å². The van der Waals surface area contributed by atoms with Crippen molar-refractivity contribution < 1.29 is 14.6 Å². The van der Waals surface area contributed by atoms with Gasteiger partial charge in [-0.25, -0.2) is 0 Å². The number of carboxylic acids is 1. The van der Waals surface area contributed by atoms with Crippen LogP contribution in [0.3, 0.4) is 0 Å². The lowest BCUT2D eigenvalue weighted by Gasteiger charge is -2.32. The second-order valence-electron chi connectivity index (χ2n) is 5.38. The minimum Gasteiger partial charge on any atom is -0.481 e. The first-order valence-electron chi connectivity index (χ1n) is 7.10. The van der Waals surface area contributed by atoms with Crippen LogP contribution in [0.1, 0.15) is 32.7 Å². The summed E-state index contributed by atoms with van der Waals surface area (Å²) in [5.41, 5.74) is 0. The van der Waals surface area contributed by atoms with Gasteiger partial charge in [0.05, 0.1) is 5.75 Å². The van der Waals surface area contributed by atoms with Crippen LogP contribution in [0, 0.1) is 0 Å². The van der Waals surface area contributed by atoms with Gasteiger partial charge in [-0.15, -0.1) is 10.2 Å². The second kappa shape index (κ2) is 7.13. The topological polar surface area (TPSA) is 80.5 Å². The number of ether oxygens (including phenoxy) is 1. The van der Waals surface area contributed by atoms with Gasteiger partial charge in [-0.05, 0) is 26.7 Å². The predicted molar refractivity (Wildman–Crippen MR) is 81.0 cm³/mol. The summed E-state index contributed by atoms with van der Waals surface area (Å²) >= 11 is 1.21. The van der Waals surface area contributed by atoms with Crippen molar-refractivity contribution in [1.29, 1.82) is 0 Å². The third-order valence-corrected chi connectivity index (χ3v) is 4.47. The highest BCUT2D eigenvalue weighted by Gasteiger charge is 2.25. The van der Waals surface area contributed by atoms with Crippen LogP contribution >= 0.6 is 11.8 Å². The molecule has 0 bridgehead atoms. The Morgan fingerprint density at radius 3 is 2.71 bits per heavy atom. The van der Waals surface area contributed by atoms with E-state index < -0.39 is 5.97 Å². The zero-order valence-electron chi connectivity index (χ0n) is 12.7. The number of hydrogen-bond donors (Lipinski definition) is 1. The normalized spacial score (nSPS) is 16.4. The quantitative estimate of drug-likeness (QED) is 0.800. The number of hydrogen-bond acceptors (Lipinski definition) is 6. The number of nitrogens with zero attached hydrogens (tertiary/aromatic N) is 4. The summed E-state index contributed by atoms with van der Waals surface area (Å²) in [4.78, 5) is 12.9. The first-order valence-corrected chi connectivity index (χ1v) is 8.09. The highest BCUT2D eigenvalue weighted by Crippen LogP contribution is 2.28. The Balaban J connectivity index is 2.19. The lowest BCUT2D eigenvalue weighted by molar-refractivity contribution is -0.133. The average molecular weight is 314 g/mol. The molecule has 1 aliphatic rings. The maximum absolute atomic E-state index is 10.7. The highest BCUT2D eigenvalue weighted by molar-refractivity contribution is 7.99. The molecule has 0 aliphatic carbocycles. The molecule has 1 N–H and O–H groups in total. The maximum Gasteiger partial charge on any atom is 0.313 e. The van der Waals surface area contributed by atoms with Gasteiger partial charge < -0.3 is 14.7 Å². The molecule has 0 amide bonds. The van der Waals surface area contributed by atoms with Crippen LogP contribution in [0.15, 0.2) is 5.16 Å². The fraction of sp³-hybridized carbons (Fsp3) is 0.769. The first-order chi connectivity index (χ1) is 10.0. The first kappa shape index (κ1) is 16.1. The molecule has 118 valence electrons. The van der Waals surface area contributed by atoms with Crippen molar-refractivity contribution in [3.05, 3.63) is 0 Å². The van der Waals surface area contributed by atoms with Gasteiger partial charge in [0, 0.05) is 32.3 Å². The minimum absolute atomic E-state index is 0.00810. The Labute approximate surface area is 128 Å². The van der Waals surface area contributed by atoms with Crippen LogP contribution < -0.4 is 4.90 Å². The molecular formula is C13H22N4O3S. The monoisotopic (exact) mass is 314 g/mol. The molecule has 1 aromatic heterocycles. The lowest BCUT2D eigenvalue weighted by atomic mass is 10.1. The van der Waals surface area contributed by atoms with Gasteiger partial charge in [-0.1, -0.05) is 11.8 Å². The van der Waals surface area contributed by atoms with E-state index in [1.165, 1.54) is 11.8 Å². The molecule has 1 aromatic rings. The van der Waals surface area contributed by atoms with Crippen LogP contribution in [-0.2, 0) is 9.53 Å². The van der Waals surface area contributed by atoms with E-state index in [0.717, 1.165) is 32.0 Å². The van der Waals surface area contributed by atoms with Crippen molar-refractivity contribution >= 4 is 23.7 Å². The van der Waals surface area contributed by atoms with Gasteiger partial charge in [-0.2, -0.15) is 0 Å². The molecule has 0 radical (unpaired) electrons. The molecule has 0 unspecified atom stereocenters. The molecule has 0 atom stereocenters. The predicted octanol–water partition coefficient (Wildman–Crippen LogP) is 1.65. The summed E-state index contributed by atoms with van der Waals surface area (Å²) < 4.78 is 7.40. The molecule has 21 heavy (non-hydrogen) atoms. The van der Waals surface area contributed by atoms with Crippen molar-refractivity contribution in [3.8, 4) is 0 Å². The van der Waals surface area contributed by atoms with Gasteiger partial charge in [-0.3, -0.25) is 9.36 Å². The van der Waals surface area contributed by atoms with E-state index in [4.69, 9.17) is 9.84 Å². The zero-order chi connectivity index (χ0) is 15.4. The molecule has 0 saturated carbocycles. The van der Waals surface area contributed by atoms with Gasteiger partial charge >= 0.3 is 5.97 Å². The van der Waals surface area contributed by atoms with Gasteiger partial charge in [0.2, 0.25) is 5.95 Å². The molecule has 2 heterocycles. The van der Waals surface area contributed by atoms with E-state index in [-0.39, 0.29) is 11.8 Å². The smallest absolute Gasteiger partial charge is 0.313 e. The van der Waals surface area contributed by atoms with Crippen molar-refractivity contribution in [2.45, 2.75) is 43.9 Å². The Kier molecular flexibility index (Phi) is 5.46. The third-order valence-electron chi connectivity index (χ3n) is 3.54. The molecular weight excluding hydrogens is 292 g/mol. The van der Waals surface area contributed by atoms with E-state index in [2.05, 4.69) is 28.9 Å².